The van der Waals surface area contributed by atoms with Crippen LogP contribution in [0.5, 0.6) is 0 Å². The van der Waals surface area contributed by atoms with Gasteiger partial charge in [0.05, 0.1) is 11.1 Å². The van der Waals surface area contributed by atoms with E-state index in [1.54, 1.807) is 13.2 Å². The lowest BCUT2D eigenvalue weighted by Gasteiger charge is -2.06. The van der Waals surface area contributed by atoms with Gasteiger partial charge in [0, 0.05) is 13.7 Å². The van der Waals surface area contributed by atoms with Crippen LogP contribution in [-0.2, 0) is 11.2 Å². The molecule has 1 aromatic carbocycles. The van der Waals surface area contributed by atoms with Gasteiger partial charge < -0.3 is 10.1 Å². The summed E-state index contributed by atoms with van der Waals surface area (Å²) in [6.07, 6.45) is 1.68. The fourth-order valence-electron chi connectivity index (χ4n) is 1.44. The average Bonchev–Trinajstić information content (AvgIpc) is 2.29. The van der Waals surface area contributed by atoms with Crippen molar-refractivity contribution in [1.29, 1.82) is 0 Å². The van der Waals surface area contributed by atoms with Crippen LogP contribution >= 0.6 is 15.9 Å². The Morgan fingerprint density at radius 2 is 2.19 bits per heavy atom. The average molecular weight is 290 g/mol. The van der Waals surface area contributed by atoms with Gasteiger partial charge in [0.1, 0.15) is 5.82 Å². The Hall–Kier alpha value is -0.450. The van der Waals surface area contributed by atoms with E-state index < -0.39 is 0 Å². The molecule has 4 heteroatoms. The van der Waals surface area contributed by atoms with Gasteiger partial charge in [-0.1, -0.05) is 12.1 Å². The van der Waals surface area contributed by atoms with Gasteiger partial charge >= 0.3 is 0 Å². The predicted octanol–water partition coefficient (Wildman–Crippen LogP) is 2.76. The van der Waals surface area contributed by atoms with Crippen molar-refractivity contribution in [2.24, 2.45) is 0 Å². The third kappa shape index (κ3) is 4.60. The van der Waals surface area contributed by atoms with Crippen molar-refractivity contribution in [3.8, 4) is 0 Å². The molecule has 0 aliphatic rings. The molecule has 0 amide bonds. The molecule has 0 saturated carbocycles. The number of methoxy groups -OCH3 is 1. The SMILES string of the molecule is COCCNCCCc1cccc(Br)c1F. The number of aryl methyl sites for hydroxylation is 1. The summed E-state index contributed by atoms with van der Waals surface area (Å²) in [6.45, 7) is 2.44. The van der Waals surface area contributed by atoms with E-state index in [-0.39, 0.29) is 5.82 Å². The van der Waals surface area contributed by atoms with E-state index in [2.05, 4.69) is 21.2 Å². The molecular weight excluding hydrogens is 273 g/mol. The van der Waals surface area contributed by atoms with Gasteiger partial charge in [-0.05, 0) is 46.9 Å². The van der Waals surface area contributed by atoms with E-state index in [1.807, 2.05) is 12.1 Å². The first-order valence-electron chi connectivity index (χ1n) is 5.38. The van der Waals surface area contributed by atoms with E-state index in [9.17, 15) is 4.39 Å². The van der Waals surface area contributed by atoms with Crippen molar-refractivity contribution in [3.63, 3.8) is 0 Å². The molecule has 1 rings (SSSR count). The zero-order valence-electron chi connectivity index (χ0n) is 9.43. The van der Waals surface area contributed by atoms with Crippen LogP contribution in [0, 0.1) is 5.82 Å². The molecule has 0 aliphatic carbocycles. The first kappa shape index (κ1) is 13.6. The Labute approximate surface area is 104 Å². The van der Waals surface area contributed by atoms with Crippen LogP contribution < -0.4 is 5.32 Å². The maximum atomic E-state index is 13.5. The Kier molecular flexibility index (Phi) is 6.61. The summed E-state index contributed by atoms with van der Waals surface area (Å²) in [5.41, 5.74) is 0.767. The van der Waals surface area contributed by atoms with Gasteiger partial charge in [0.2, 0.25) is 0 Å². The van der Waals surface area contributed by atoms with Gasteiger partial charge in [-0.15, -0.1) is 0 Å². The molecule has 0 spiro atoms. The van der Waals surface area contributed by atoms with Crippen molar-refractivity contribution in [2.45, 2.75) is 12.8 Å². The summed E-state index contributed by atoms with van der Waals surface area (Å²) < 4.78 is 19.0. The Morgan fingerprint density at radius 1 is 1.38 bits per heavy atom. The van der Waals surface area contributed by atoms with E-state index >= 15 is 0 Å². The van der Waals surface area contributed by atoms with E-state index in [4.69, 9.17) is 4.74 Å². The maximum absolute atomic E-state index is 13.5. The predicted molar refractivity (Wildman–Crippen MR) is 67.2 cm³/mol. The highest BCUT2D eigenvalue weighted by molar-refractivity contribution is 9.10. The topological polar surface area (TPSA) is 21.3 Å². The quantitative estimate of drug-likeness (QED) is 0.780. The van der Waals surface area contributed by atoms with Crippen LogP contribution in [0.25, 0.3) is 0 Å². The number of nitrogens with one attached hydrogen (secondary N) is 1. The van der Waals surface area contributed by atoms with Crippen molar-refractivity contribution < 1.29 is 9.13 Å². The minimum Gasteiger partial charge on any atom is -0.383 e. The minimum absolute atomic E-state index is 0.139. The van der Waals surface area contributed by atoms with Crippen LogP contribution in [-0.4, -0.2) is 26.8 Å². The normalized spacial score (nSPS) is 10.7. The number of halogens is 2. The smallest absolute Gasteiger partial charge is 0.140 e. The summed E-state index contributed by atoms with van der Waals surface area (Å²) in [5.74, 6) is -0.139. The lowest BCUT2D eigenvalue weighted by molar-refractivity contribution is 0.199. The number of hydrogen-bond acceptors (Lipinski definition) is 2. The number of ether oxygens (including phenoxy) is 1. The van der Waals surface area contributed by atoms with Gasteiger partial charge in [0.15, 0.2) is 0 Å². The second kappa shape index (κ2) is 7.76. The Balaban J connectivity index is 2.24. The molecule has 0 bridgehead atoms. The van der Waals surface area contributed by atoms with E-state index in [0.29, 0.717) is 11.1 Å². The third-order valence-electron chi connectivity index (χ3n) is 2.31. The molecular formula is C12H17BrFNO. The van der Waals surface area contributed by atoms with Gasteiger partial charge in [0.25, 0.3) is 0 Å². The second-order valence-corrected chi connectivity index (χ2v) is 4.41. The molecule has 0 aromatic heterocycles. The molecule has 0 aliphatic heterocycles. The van der Waals surface area contributed by atoms with Crippen LogP contribution in [0.4, 0.5) is 4.39 Å². The first-order valence-corrected chi connectivity index (χ1v) is 6.17. The van der Waals surface area contributed by atoms with Crippen LogP contribution in [0.1, 0.15) is 12.0 Å². The second-order valence-electron chi connectivity index (χ2n) is 3.56. The van der Waals surface area contributed by atoms with Crippen LogP contribution in [0.2, 0.25) is 0 Å². The molecule has 0 radical (unpaired) electrons. The molecule has 0 fully saturated rings. The largest absolute Gasteiger partial charge is 0.383 e. The number of benzene rings is 1. The molecule has 16 heavy (non-hydrogen) atoms. The molecule has 2 nitrogen and oxygen atoms in total. The number of hydrogen-bond donors (Lipinski definition) is 1. The lowest BCUT2D eigenvalue weighted by atomic mass is 10.1. The molecule has 1 aromatic rings. The molecule has 0 heterocycles. The standard InChI is InChI=1S/C12H17BrFNO/c1-16-9-8-15-7-3-5-10-4-2-6-11(13)12(10)14/h2,4,6,15H,3,5,7-9H2,1H3. The van der Waals surface area contributed by atoms with Crippen molar-refractivity contribution in [3.05, 3.63) is 34.1 Å². The molecule has 0 unspecified atom stereocenters. The molecule has 1 N–H and O–H groups in total. The van der Waals surface area contributed by atoms with Crippen LogP contribution in [0.3, 0.4) is 0 Å². The molecule has 0 atom stereocenters. The van der Waals surface area contributed by atoms with Gasteiger partial charge in [-0.25, -0.2) is 4.39 Å². The van der Waals surface area contributed by atoms with Gasteiger partial charge in [-0.3, -0.25) is 0 Å². The Morgan fingerprint density at radius 3 is 2.94 bits per heavy atom. The third-order valence-corrected chi connectivity index (χ3v) is 2.93. The van der Waals surface area contributed by atoms with E-state index in [0.717, 1.165) is 31.5 Å². The highest BCUT2D eigenvalue weighted by atomic mass is 79.9. The highest BCUT2D eigenvalue weighted by Crippen LogP contribution is 2.19. The summed E-state index contributed by atoms with van der Waals surface area (Å²) in [5, 5.41) is 3.23. The van der Waals surface area contributed by atoms with Crippen LogP contribution in [0.15, 0.2) is 22.7 Å². The lowest BCUT2D eigenvalue weighted by Crippen LogP contribution is -2.20. The zero-order chi connectivity index (χ0) is 11.8. The number of rotatable bonds is 7. The molecule has 0 saturated heterocycles. The van der Waals surface area contributed by atoms with E-state index in [1.165, 1.54) is 0 Å². The first-order chi connectivity index (χ1) is 7.75. The van der Waals surface area contributed by atoms with Crippen molar-refractivity contribution in [1.82, 2.24) is 5.32 Å². The summed E-state index contributed by atoms with van der Waals surface area (Å²) in [4.78, 5) is 0. The summed E-state index contributed by atoms with van der Waals surface area (Å²) in [7, 11) is 1.68. The minimum atomic E-state index is -0.139. The molecule has 90 valence electrons. The zero-order valence-corrected chi connectivity index (χ0v) is 11.0. The Bertz CT molecular complexity index is 320. The highest BCUT2D eigenvalue weighted by Gasteiger charge is 2.04. The monoisotopic (exact) mass is 289 g/mol. The summed E-state index contributed by atoms with van der Waals surface area (Å²) >= 11 is 3.18. The van der Waals surface area contributed by atoms with Gasteiger partial charge in [-0.2, -0.15) is 0 Å². The van der Waals surface area contributed by atoms with Crippen molar-refractivity contribution in [2.75, 3.05) is 26.8 Å². The fraction of sp³-hybridized carbons (Fsp3) is 0.500. The van der Waals surface area contributed by atoms with Crippen molar-refractivity contribution >= 4 is 15.9 Å². The fourth-order valence-corrected chi connectivity index (χ4v) is 1.85. The maximum Gasteiger partial charge on any atom is 0.140 e. The summed E-state index contributed by atoms with van der Waals surface area (Å²) in [6, 6.07) is 5.41.